The van der Waals surface area contributed by atoms with Crippen LogP contribution in [0.1, 0.15) is 50.0 Å². The molecule has 3 atom stereocenters. The fourth-order valence-corrected chi connectivity index (χ4v) is 6.05. The highest BCUT2D eigenvalue weighted by atomic mass is 16.5. The number of benzene rings is 1. The number of likely N-dealkylation sites (tertiary alicyclic amines) is 2. The quantitative estimate of drug-likeness (QED) is 0.504. The van der Waals surface area contributed by atoms with E-state index < -0.39 is 29.3 Å². The first-order chi connectivity index (χ1) is 15.0. The van der Waals surface area contributed by atoms with Gasteiger partial charge in [0.05, 0.1) is 11.3 Å². The molecular formula is C23H31N3O5. The molecular weight excluding hydrogens is 398 g/mol. The van der Waals surface area contributed by atoms with Crippen molar-refractivity contribution in [3.05, 3.63) is 35.9 Å². The lowest BCUT2D eigenvalue weighted by atomic mass is 9.62. The van der Waals surface area contributed by atoms with E-state index in [9.17, 15) is 24.7 Å². The van der Waals surface area contributed by atoms with Gasteiger partial charge < -0.3 is 14.9 Å². The van der Waals surface area contributed by atoms with Crippen molar-refractivity contribution in [1.29, 1.82) is 0 Å². The molecule has 8 nitrogen and oxygen atoms in total. The summed E-state index contributed by atoms with van der Waals surface area (Å²) in [5.41, 5.74) is 2.18. The van der Waals surface area contributed by atoms with Crippen molar-refractivity contribution in [2.75, 3.05) is 26.2 Å². The Hall–Kier alpha value is -2.61. The Bertz CT molecular complexity index is 824. The maximum atomic E-state index is 14.0. The van der Waals surface area contributed by atoms with Crippen LogP contribution in [0, 0.1) is 17.3 Å². The van der Waals surface area contributed by atoms with E-state index in [2.05, 4.69) is 12.1 Å². The molecule has 4 rings (SSSR count). The van der Waals surface area contributed by atoms with Gasteiger partial charge in [-0.25, -0.2) is 10.3 Å². The van der Waals surface area contributed by atoms with Gasteiger partial charge in [0.2, 0.25) is 11.8 Å². The molecule has 3 aliphatic rings. The third-order valence-corrected chi connectivity index (χ3v) is 7.67. The average Bonchev–Trinajstić information content (AvgIpc) is 3.47. The molecule has 1 aromatic carbocycles. The Morgan fingerprint density at radius 2 is 1.68 bits per heavy atom. The lowest BCUT2D eigenvalue weighted by Gasteiger charge is -2.44. The van der Waals surface area contributed by atoms with Crippen LogP contribution >= 0.6 is 0 Å². The van der Waals surface area contributed by atoms with Crippen LogP contribution in [0.15, 0.2) is 30.3 Å². The molecule has 2 aliphatic heterocycles. The number of amides is 3. The van der Waals surface area contributed by atoms with Crippen LogP contribution in [0.25, 0.3) is 0 Å². The summed E-state index contributed by atoms with van der Waals surface area (Å²) < 4.78 is 0. The normalized spacial score (nSPS) is 27.8. The predicted octanol–water partition coefficient (Wildman–Crippen LogP) is 2.68. The highest BCUT2D eigenvalue weighted by Crippen LogP contribution is 2.50. The molecule has 0 radical (unpaired) electrons. The minimum absolute atomic E-state index is 0.00800. The lowest BCUT2D eigenvalue weighted by Crippen LogP contribution is -2.52. The number of rotatable bonds is 4. The van der Waals surface area contributed by atoms with Crippen molar-refractivity contribution in [3.8, 4) is 0 Å². The minimum atomic E-state index is -1.10. The molecule has 3 fully saturated rings. The van der Waals surface area contributed by atoms with Gasteiger partial charge in [0.15, 0.2) is 0 Å². The Morgan fingerprint density at radius 1 is 0.968 bits per heavy atom. The standard InChI is InChI=1S/C23H31N3O5/c27-20(24-31)18-14-26(22(29)30)15-19(18)23(10-5-2-6-11-23)21(28)25-12-9-17(13-25)16-7-3-1-4-8-16/h1,3-4,7-8,17-19,31H,2,5-6,9-15H2,(H,24,27)(H,29,30)/t17-,18+,19-/m0/s1. The number of carboxylic acid groups (broad SMARTS) is 1. The zero-order chi connectivity index (χ0) is 22.0. The van der Waals surface area contributed by atoms with Crippen molar-refractivity contribution >= 4 is 17.9 Å². The molecule has 0 spiro atoms. The van der Waals surface area contributed by atoms with Crippen LogP contribution in [0.3, 0.4) is 0 Å². The number of hydrogen-bond donors (Lipinski definition) is 3. The number of carbonyl (C=O) groups excluding carboxylic acids is 2. The second-order valence-electron chi connectivity index (χ2n) is 9.24. The maximum Gasteiger partial charge on any atom is 0.407 e. The van der Waals surface area contributed by atoms with E-state index in [0.29, 0.717) is 31.8 Å². The van der Waals surface area contributed by atoms with Crippen LogP contribution in [-0.4, -0.2) is 64.2 Å². The second kappa shape index (κ2) is 8.86. The lowest BCUT2D eigenvalue weighted by molar-refractivity contribution is -0.150. The van der Waals surface area contributed by atoms with Gasteiger partial charge in [-0.05, 0) is 24.8 Å². The van der Waals surface area contributed by atoms with Gasteiger partial charge >= 0.3 is 6.09 Å². The first-order valence-electron chi connectivity index (χ1n) is 11.2. The van der Waals surface area contributed by atoms with Gasteiger partial charge in [0, 0.05) is 38.0 Å². The van der Waals surface area contributed by atoms with Gasteiger partial charge in [-0.2, -0.15) is 0 Å². The highest BCUT2D eigenvalue weighted by molar-refractivity contribution is 5.86. The second-order valence-corrected chi connectivity index (χ2v) is 9.24. The molecule has 2 saturated heterocycles. The largest absolute Gasteiger partial charge is 0.465 e. The van der Waals surface area contributed by atoms with E-state index in [-0.39, 0.29) is 19.0 Å². The zero-order valence-corrected chi connectivity index (χ0v) is 17.7. The van der Waals surface area contributed by atoms with E-state index in [1.54, 1.807) is 5.48 Å². The molecule has 0 unspecified atom stereocenters. The number of hydroxylamine groups is 1. The fraction of sp³-hybridized carbons (Fsp3) is 0.609. The summed E-state index contributed by atoms with van der Waals surface area (Å²) in [6, 6.07) is 10.2. The number of nitrogens with one attached hydrogen (secondary N) is 1. The summed E-state index contributed by atoms with van der Waals surface area (Å²) in [5, 5.41) is 18.8. The molecule has 1 saturated carbocycles. The van der Waals surface area contributed by atoms with E-state index in [1.807, 2.05) is 23.1 Å². The fourth-order valence-electron chi connectivity index (χ4n) is 6.05. The van der Waals surface area contributed by atoms with Crippen molar-refractivity contribution in [2.24, 2.45) is 17.3 Å². The van der Waals surface area contributed by atoms with E-state index >= 15 is 0 Å². The summed E-state index contributed by atoms with van der Waals surface area (Å²) in [4.78, 5) is 41.2. The number of carbonyl (C=O) groups is 3. The van der Waals surface area contributed by atoms with Gasteiger partial charge in [0.25, 0.3) is 0 Å². The Kier molecular flexibility index (Phi) is 6.18. The summed E-state index contributed by atoms with van der Waals surface area (Å²) >= 11 is 0. The van der Waals surface area contributed by atoms with E-state index in [1.165, 1.54) is 10.5 Å². The van der Waals surface area contributed by atoms with Gasteiger partial charge in [-0.3, -0.25) is 14.8 Å². The SMILES string of the molecule is O=C(NO)[C@@H]1CN(C(=O)O)C[C@@H]1C1(C(=O)N2CC[C@H](c3ccccc3)C2)CCCCC1. The van der Waals surface area contributed by atoms with Crippen molar-refractivity contribution in [2.45, 2.75) is 44.4 Å². The molecule has 3 amide bonds. The summed E-state index contributed by atoms with van der Waals surface area (Å²) in [7, 11) is 0. The van der Waals surface area contributed by atoms with E-state index in [4.69, 9.17) is 0 Å². The van der Waals surface area contributed by atoms with E-state index in [0.717, 1.165) is 25.7 Å². The zero-order valence-electron chi connectivity index (χ0n) is 17.7. The molecule has 8 heteroatoms. The minimum Gasteiger partial charge on any atom is -0.465 e. The summed E-state index contributed by atoms with van der Waals surface area (Å²) in [6.07, 6.45) is 3.93. The number of hydrogen-bond acceptors (Lipinski definition) is 4. The molecule has 168 valence electrons. The molecule has 0 bridgehead atoms. The Labute approximate surface area is 182 Å². The van der Waals surface area contributed by atoms with Crippen LogP contribution in [0.2, 0.25) is 0 Å². The van der Waals surface area contributed by atoms with Gasteiger partial charge in [0.1, 0.15) is 0 Å². The Morgan fingerprint density at radius 3 is 2.32 bits per heavy atom. The molecule has 0 aromatic heterocycles. The molecule has 31 heavy (non-hydrogen) atoms. The highest BCUT2D eigenvalue weighted by Gasteiger charge is 2.56. The molecule has 1 aliphatic carbocycles. The third-order valence-electron chi connectivity index (χ3n) is 7.67. The summed E-state index contributed by atoms with van der Waals surface area (Å²) in [5.74, 6) is -1.41. The molecule has 2 heterocycles. The number of nitrogens with zero attached hydrogens (tertiary/aromatic N) is 2. The first-order valence-corrected chi connectivity index (χ1v) is 11.2. The monoisotopic (exact) mass is 429 g/mol. The van der Waals surface area contributed by atoms with Crippen LogP contribution < -0.4 is 5.48 Å². The molecule has 1 aromatic rings. The van der Waals surface area contributed by atoms with Crippen molar-refractivity contribution < 1.29 is 24.7 Å². The van der Waals surface area contributed by atoms with Crippen LogP contribution in [0.4, 0.5) is 4.79 Å². The van der Waals surface area contributed by atoms with Crippen LogP contribution in [0.5, 0.6) is 0 Å². The molecule has 3 N–H and O–H groups in total. The smallest absolute Gasteiger partial charge is 0.407 e. The Balaban J connectivity index is 1.60. The topological polar surface area (TPSA) is 110 Å². The van der Waals surface area contributed by atoms with Gasteiger partial charge in [-0.15, -0.1) is 0 Å². The van der Waals surface area contributed by atoms with Crippen molar-refractivity contribution in [3.63, 3.8) is 0 Å². The van der Waals surface area contributed by atoms with Gasteiger partial charge in [-0.1, -0.05) is 49.6 Å². The van der Waals surface area contributed by atoms with Crippen molar-refractivity contribution in [1.82, 2.24) is 15.3 Å². The van der Waals surface area contributed by atoms with Crippen LogP contribution in [-0.2, 0) is 9.59 Å². The third kappa shape index (κ3) is 4.01. The average molecular weight is 430 g/mol. The maximum absolute atomic E-state index is 14.0. The predicted molar refractivity (Wildman–Crippen MR) is 112 cm³/mol. The first kappa shape index (κ1) is 21.6. The summed E-state index contributed by atoms with van der Waals surface area (Å²) in [6.45, 7) is 1.48.